The van der Waals surface area contributed by atoms with Crippen molar-refractivity contribution in [3.63, 3.8) is 0 Å². The molecule has 2 heterocycles. The summed E-state index contributed by atoms with van der Waals surface area (Å²) in [4.78, 5) is 19.7. The van der Waals surface area contributed by atoms with Gasteiger partial charge < -0.3 is 14.8 Å². The highest BCUT2D eigenvalue weighted by molar-refractivity contribution is 7.91. The largest absolute Gasteiger partial charge is 0.489 e. The minimum atomic E-state index is -3.48. The van der Waals surface area contributed by atoms with Crippen molar-refractivity contribution in [2.45, 2.75) is 45.1 Å². The second-order valence-electron chi connectivity index (χ2n) is 10.8. The Hall–Kier alpha value is -3.43. The van der Waals surface area contributed by atoms with E-state index in [1.54, 1.807) is 30.5 Å². The van der Waals surface area contributed by atoms with E-state index in [1.165, 1.54) is 0 Å². The van der Waals surface area contributed by atoms with Gasteiger partial charge in [0.05, 0.1) is 23.8 Å². The van der Waals surface area contributed by atoms with Gasteiger partial charge in [-0.2, -0.15) is 0 Å². The predicted octanol–water partition coefficient (Wildman–Crippen LogP) is 4.77. The van der Waals surface area contributed by atoms with Crippen LogP contribution in [0.4, 0.5) is 0 Å². The molecule has 9 heteroatoms. The molecule has 0 unspecified atom stereocenters. The molecule has 0 saturated heterocycles. The summed E-state index contributed by atoms with van der Waals surface area (Å²) in [6.07, 6.45) is 3.45. The fraction of sp³-hybridized carbons (Fsp3) is 0.400. The van der Waals surface area contributed by atoms with Crippen LogP contribution in [0.25, 0.3) is 0 Å². The van der Waals surface area contributed by atoms with Gasteiger partial charge in [0.25, 0.3) is 0 Å². The van der Waals surface area contributed by atoms with E-state index >= 15 is 0 Å². The number of hydrogen-bond donors (Lipinski definition) is 1. The smallest absolute Gasteiger partial charge is 0.234 e. The lowest BCUT2D eigenvalue weighted by molar-refractivity contribution is -0.122. The van der Waals surface area contributed by atoms with Gasteiger partial charge >= 0.3 is 0 Å². The standard InChI is InChI=1S/C30H37N3O5S/c1-23-11-13-25(14-12-23)39(35,36)19-17-31-28(34)21-33-18-7-15-30(2,3)22-37-26-9-4-5-10-27(26)38-29-24(20-33)8-6-16-32-29/h4-6,8-14,16H,7,15,17-22H2,1-3H3,(H,31,34). The van der Waals surface area contributed by atoms with Crippen molar-refractivity contribution in [1.29, 1.82) is 0 Å². The molecule has 0 spiro atoms. The van der Waals surface area contributed by atoms with Crippen molar-refractivity contribution in [2.75, 3.05) is 32.0 Å². The average molecular weight is 552 g/mol. The quantitative estimate of drug-likeness (QED) is 0.471. The molecule has 0 bridgehead atoms. The number of fused-ring (bicyclic) bond motifs is 2. The molecule has 2 aromatic carbocycles. The van der Waals surface area contributed by atoms with Gasteiger partial charge in [-0.25, -0.2) is 13.4 Å². The third kappa shape index (κ3) is 8.28. The van der Waals surface area contributed by atoms with E-state index in [-0.39, 0.29) is 35.1 Å². The summed E-state index contributed by atoms with van der Waals surface area (Å²) in [6.45, 7) is 8.08. The Balaban J connectivity index is 1.45. The van der Waals surface area contributed by atoms with Crippen LogP contribution in [0.3, 0.4) is 0 Å². The number of aromatic nitrogens is 1. The van der Waals surface area contributed by atoms with Crippen LogP contribution in [-0.2, 0) is 21.2 Å². The highest BCUT2D eigenvalue weighted by Gasteiger charge is 2.23. The van der Waals surface area contributed by atoms with Crippen molar-refractivity contribution >= 4 is 15.7 Å². The lowest BCUT2D eigenvalue weighted by Crippen LogP contribution is -2.39. The molecule has 0 radical (unpaired) electrons. The molecule has 0 saturated carbocycles. The molecule has 0 fully saturated rings. The van der Waals surface area contributed by atoms with E-state index in [9.17, 15) is 13.2 Å². The number of para-hydroxylation sites is 2. The maximum Gasteiger partial charge on any atom is 0.234 e. The van der Waals surface area contributed by atoms with Crippen molar-refractivity contribution in [1.82, 2.24) is 15.2 Å². The van der Waals surface area contributed by atoms with E-state index in [2.05, 4.69) is 29.0 Å². The Labute approximate surface area is 231 Å². The fourth-order valence-electron chi connectivity index (χ4n) is 4.42. The third-order valence-electron chi connectivity index (χ3n) is 6.69. The van der Waals surface area contributed by atoms with Gasteiger partial charge in [-0.05, 0) is 62.1 Å². The van der Waals surface area contributed by atoms with Gasteiger partial charge in [0, 0.05) is 24.8 Å². The molecule has 8 nitrogen and oxygen atoms in total. The molecule has 1 N–H and O–H groups in total. The zero-order valence-electron chi connectivity index (χ0n) is 22.9. The second-order valence-corrected chi connectivity index (χ2v) is 12.9. The molecular formula is C30H37N3O5S. The number of pyridine rings is 1. The molecular weight excluding hydrogens is 514 g/mol. The molecule has 1 aliphatic heterocycles. The number of nitrogens with one attached hydrogen (secondary N) is 1. The van der Waals surface area contributed by atoms with Crippen LogP contribution in [0.15, 0.2) is 71.8 Å². The summed E-state index contributed by atoms with van der Waals surface area (Å²) in [5, 5.41) is 2.79. The second kappa shape index (κ2) is 12.6. The first-order valence-electron chi connectivity index (χ1n) is 13.2. The number of sulfone groups is 1. The Morgan fingerprint density at radius 3 is 2.56 bits per heavy atom. The molecule has 208 valence electrons. The predicted molar refractivity (Wildman–Crippen MR) is 151 cm³/mol. The lowest BCUT2D eigenvalue weighted by Gasteiger charge is -2.27. The summed E-state index contributed by atoms with van der Waals surface area (Å²) in [7, 11) is -3.48. The van der Waals surface area contributed by atoms with Crippen LogP contribution in [-0.4, -0.2) is 56.2 Å². The first-order chi connectivity index (χ1) is 18.6. The van der Waals surface area contributed by atoms with Gasteiger partial charge in [0.1, 0.15) is 0 Å². The number of ether oxygens (including phenoxy) is 2. The van der Waals surface area contributed by atoms with E-state index < -0.39 is 9.84 Å². The van der Waals surface area contributed by atoms with Crippen molar-refractivity contribution < 1.29 is 22.7 Å². The molecule has 3 aromatic rings. The number of aryl methyl sites for hydroxylation is 1. The van der Waals surface area contributed by atoms with Crippen molar-refractivity contribution in [3.05, 3.63) is 78.0 Å². The third-order valence-corrected chi connectivity index (χ3v) is 8.42. The number of amides is 1. The van der Waals surface area contributed by atoms with E-state index in [1.807, 2.05) is 43.3 Å². The number of nitrogens with zero attached hydrogens (tertiary/aromatic N) is 2. The minimum absolute atomic E-state index is 0.0469. The molecule has 39 heavy (non-hydrogen) atoms. The van der Waals surface area contributed by atoms with Gasteiger partial charge in [-0.1, -0.05) is 49.7 Å². The SMILES string of the molecule is Cc1ccc(S(=O)(=O)CCNC(=O)CN2CCCC(C)(C)COc3ccccc3Oc3ncccc3C2)cc1. The van der Waals surface area contributed by atoms with Gasteiger partial charge in [-0.15, -0.1) is 0 Å². The van der Waals surface area contributed by atoms with E-state index in [0.29, 0.717) is 37.1 Å². The zero-order valence-corrected chi connectivity index (χ0v) is 23.7. The molecule has 4 rings (SSSR count). The van der Waals surface area contributed by atoms with Crippen LogP contribution in [0.2, 0.25) is 0 Å². The summed E-state index contributed by atoms with van der Waals surface area (Å²) in [5.41, 5.74) is 1.76. The van der Waals surface area contributed by atoms with Gasteiger partial charge in [0.15, 0.2) is 21.3 Å². The van der Waals surface area contributed by atoms with E-state index in [0.717, 1.165) is 24.0 Å². The topological polar surface area (TPSA) is 97.8 Å². The average Bonchev–Trinajstić information content (AvgIpc) is 2.89. The van der Waals surface area contributed by atoms with Crippen molar-refractivity contribution in [2.24, 2.45) is 5.41 Å². The van der Waals surface area contributed by atoms with Crippen LogP contribution >= 0.6 is 0 Å². The van der Waals surface area contributed by atoms with Crippen LogP contribution in [0.5, 0.6) is 17.4 Å². The summed E-state index contributed by atoms with van der Waals surface area (Å²) in [6, 6.07) is 18.1. The number of hydrogen-bond acceptors (Lipinski definition) is 7. The first-order valence-corrected chi connectivity index (χ1v) is 14.9. The molecule has 1 aromatic heterocycles. The van der Waals surface area contributed by atoms with Crippen molar-refractivity contribution in [3.8, 4) is 17.4 Å². The number of carbonyl (C=O) groups excluding carboxylic acids is 1. The van der Waals surface area contributed by atoms with Crippen LogP contribution in [0.1, 0.15) is 37.8 Å². The maximum absolute atomic E-state index is 12.9. The Bertz CT molecular complexity index is 1370. The van der Waals surface area contributed by atoms with Crippen LogP contribution in [0, 0.1) is 12.3 Å². The Morgan fingerprint density at radius 2 is 1.79 bits per heavy atom. The summed E-state index contributed by atoms with van der Waals surface area (Å²) in [5.74, 6) is 1.33. The Kier molecular flexibility index (Phi) is 9.24. The van der Waals surface area contributed by atoms with Crippen LogP contribution < -0.4 is 14.8 Å². The maximum atomic E-state index is 12.9. The summed E-state index contributed by atoms with van der Waals surface area (Å²) >= 11 is 0. The van der Waals surface area contributed by atoms with E-state index in [4.69, 9.17) is 9.47 Å². The normalized spacial score (nSPS) is 16.2. The van der Waals surface area contributed by atoms with Gasteiger partial charge in [-0.3, -0.25) is 9.69 Å². The molecule has 0 atom stereocenters. The number of rotatable bonds is 6. The van der Waals surface area contributed by atoms with Gasteiger partial charge in [0.2, 0.25) is 11.8 Å². The number of carbonyl (C=O) groups is 1. The minimum Gasteiger partial charge on any atom is -0.489 e. The highest BCUT2D eigenvalue weighted by atomic mass is 32.2. The highest BCUT2D eigenvalue weighted by Crippen LogP contribution is 2.34. The molecule has 1 aliphatic rings. The molecule has 0 aliphatic carbocycles. The number of benzene rings is 2. The monoisotopic (exact) mass is 551 g/mol. The first kappa shape index (κ1) is 28.6. The lowest BCUT2D eigenvalue weighted by atomic mass is 9.88. The zero-order chi connectivity index (χ0) is 27.9. The fourth-order valence-corrected chi connectivity index (χ4v) is 5.58. The Morgan fingerprint density at radius 1 is 1.05 bits per heavy atom. The summed E-state index contributed by atoms with van der Waals surface area (Å²) < 4.78 is 37.7. The molecule has 1 amide bonds.